The van der Waals surface area contributed by atoms with Crippen LogP contribution in [0.4, 0.5) is 11.5 Å². The van der Waals surface area contributed by atoms with Crippen LogP contribution in [0.2, 0.25) is 5.02 Å². The Morgan fingerprint density at radius 1 is 0.944 bits per heavy atom. The first-order valence-electron chi connectivity index (χ1n) is 12.0. The van der Waals surface area contributed by atoms with E-state index in [1.54, 1.807) is 7.11 Å². The number of carbonyl (C=O) groups is 1. The van der Waals surface area contributed by atoms with Crippen LogP contribution in [0.5, 0.6) is 5.75 Å². The molecule has 0 spiro atoms. The average molecular weight is 502 g/mol. The molecule has 0 radical (unpaired) electrons. The monoisotopic (exact) mass is 501 g/mol. The molecule has 1 amide bonds. The molecule has 1 aromatic heterocycles. The zero-order valence-electron chi connectivity index (χ0n) is 20.4. The highest BCUT2D eigenvalue weighted by molar-refractivity contribution is 6.31. The van der Waals surface area contributed by atoms with Crippen molar-refractivity contribution in [2.24, 2.45) is 0 Å². The number of aromatic nitrogens is 2. The maximum atomic E-state index is 13.0. The topological polar surface area (TPSA) is 70.6 Å². The van der Waals surface area contributed by atoms with Crippen LogP contribution in [0, 0.1) is 6.92 Å². The third kappa shape index (κ3) is 4.93. The van der Waals surface area contributed by atoms with Gasteiger partial charge in [0.1, 0.15) is 5.75 Å². The average Bonchev–Trinajstić information content (AvgIpc) is 2.91. The van der Waals surface area contributed by atoms with Gasteiger partial charge in [-0.15, -0.1) is 10.2 Å². The number of hydrogen-bond acceptors (Lipinski definition) is 6. The molecule has 0 unspecified atom stereocenters. The number of benzene rings is 3. The Labute approximate surface area is 215 Å². The lowest BCUT2D eigenvalue weighted by atomic mass is 10.1. The van der Waals surface area contributed by atoms with E-state index in [1.807, 2.05) is 67.6 Å². The van der Waals surface area contributed by atoms with E-state index < -0.39 is 0 Å². The van der Waals surface area contributed by atoms with Crippen molar-refractivity contribution in [2.75, 3.05) is 43.1 Å². The normalized spacial score (nSPS) is 13.6. The summed E-state index contributed by atoms with van der Waals surface area (Å²) >= 11 is 6.24. The summed E-state index contributed by atoms with van der Waals surface area (Å²) < 4.78 is 5.54. The van der Waals surface area contributed by atoms with Gasteiger partial charge in [0.05, 0.1) is 12.8 Å². The van der Waals surface area contributed by atoms with Gasteiger partial charge in [0.15, 0.2) is 11.5 Å². The van der Waals surface area contributed by atoms with Crippen LogP contribution in [0.15, 0.2) is 66.7 Å². The number of methoxy groups -OCH3 is 1. The highest BCUT2D eigenvalue weighted by Crippen LogP contribution is 2.33. The Bertz CT molecular complexity index is 1400. The van der Waals surface area contributed by atoms with Gasteiger partial charge in [-0.25, -0.2) is 0 Å². The van der Waals surface area contributed by atoms with Gasteiger partial charge in [-0.3, -0.25) is 4.79 Å². The Morgan fingerprint density at radius 3 is 2.44 bits per heavy atom. The molecule has 1 aliphatic rings. The fourth-order valence-electron chi connectivity index (χ4n) is 4.65. The molecular formula is C28H28ClN5O2. The van der Waals surface area contributed by atoms with Crippen molar-refractivity contribution in [1.82, 2.24) is 15.5 Å². The molecule has 3 aromatic carbocycles. The van der Waals surface area contributed by atoms with E-state index in [9.17, 15) is 4.79 Å². The molecule has 0 saturated carbocycles. The fraction of sp³-hybridized carbons (Fsp3) is 0.250. The van der Waals surface area contributed by atoms with Gasteiger partial charge < -0.3 is 19.9 Å². The number of aryl methyl sites for hydroxylation is 1. The van der Waals surface area contributed by atoms with Gasteiger partial charge in [-0.1, -0.05) is 65.7 Å². The van der Waals surface area contributed by atoms with Crippen LogP contribution in [-0.2, 0) is 6.54 Å². The number of fused-ring (bicyclic) bond motifs is 1. The molecule has 184 valence electrons. The Morgan fingerprint density at radius 2 is 1.69 bits per heavy atom. The Hall–Kier alpha value is -3.84. The predicted octanol–water partition coefficient (Wildman–Crippen LogP) is 4.86. The van der Waals surface area contributed by atoms with E-state index in [0.29, 0.717) is 17.3 Å². The third-order valence-corrected chi connectivity index (χ3v) is 6.71. The molecule has 2 heterocycles. The summed E-state index contributed by atoms with van der Waals surface area (Å²) in [6.07, 6.45) is 0. The fourth-order valence-corrected chi connectivity index (χ4v) is 4.81. The molecule has 1 saturated heterocycles. The zero-order chi connectivity index (χ0) is 25.1. The summed E-state index contributed by atoms with van der Waals surface area (Å²) in [5, 5.41) is 14.3. The molecule has 0 bridgehead atoms. The van der Waals surface area contributed by atoms with Gasteiger partial charge in [0.2, 0.25) is 0 Å². The number of nitrogens with zero attached hydrogens (tertiary/aromatic N) is 4. The number of anilines is 2. The summed E-state index contributed by atoms with van der Waals surface area (Å²) in [5.41, 5.74) is 3.53. The van der Waals surface area contributed by atoms with Gasteiger partial charge in [-0.05, 0) is 30.7 Å². The molecule has 1 aliphatic heterocycles. The van der Waals surface area contributed by atoms with Crippen molar-refractivity contribution in [1.29, 1.82) is 0 Å². The minimum atomic E-state index is -0.232. The number of hydrogen-bond donors (Lipinski definition) is 1. The van der Waals surface area contributed by atoms with Crippen molar-refractivity contribution in [3.05, 3.63) is 88.6 Å². The summed E-state index contributed by atoms with van der Waals surface area (Å²) in [5.74, 6) is 1.36. The first-order valence-corrected chi connectivity index (χ1v) is 12.3. The highest BCUT2D eigenvalue weighted by atomic mass is 35.5. The third-order valence-electron chi connectivity index (χ3n) is 6.48. The summed E-state index contributed by atoms with van der Waals surface area (Å²) in [6.45, 7) is 5.55. The maximum absolute atomic E-state index is 13.0. The molecule has 36 heavy (non-hydrogen) atoms. The van der Waals surface area contributed by atoms with E-state index in [4.69, 9.17) is 16.3 Å². The quantitative estimate of drug-likeness (QED) is 0.407. The summed E-state index contributed by atoms with van der Waals surface area (Å²) in [7, 11) is 1.67. The van der Waals surface area contributed by atoms with Crippen molar-refractivity contribution in [3.63, 3.8) is 0 Å². The number of ether oxygens (including phenoxy) is 1. The van der Waals surface area contributed by atoms with Crippen molar-refractivity contribution < 1.29 is 9.53 Å². The Kier molecular flexibility index (Phi) is 6.91. The van der Waals surface area contributed by atoms with E-state index in [0.717, 1.165) is 65.3 Å². The molecule has 0 atom stereocenters. The van der Waals surface area contributed by atoms with Gasteiger partial charge in [0.25, 0.3) is 5.91 Å². The summed E-state index contributed by atoms with van der Waals surface area (Å²) in [6, 6.07) is 21.6. The SMILES string of the molecule is COc1ccc(Cl)cc1N1CCN(c2nnc(C(=O)NCc3cccc(C)c3)c3ccccc23)CC1. The number of amides is 1. The van der Waals surface area contributed by atoms with Crippen molar-refractivity contribution in [3.8, 4) is 5.75 Å². The predicted molar refractivity (Wildman–Crippen MR) is 144 cm³/mol. The minimum absolute atomic E-state index is 0.232. The van der Waals surface area contributed by atoms with Gasteiger partial charge in [0, 0.05) is 48.5 Å². The first kappa shape index (κ1) is 23.9. The number of piperazine rings is 1. The number of nitrogens with one attached hydrogen (secondary N) is 1. The molecule has 1 N–H and O–H groups in total. The lowest BCUT2D eigenvalue weighted by Gasteiger charge is -2.37. The number of carbonyl (C=O) groups excluding carboxylic acids is 1. The molecule has 7 nitrogen and oxygen atoms in total. The molecule has 4 aromatic rings. The minimum Gasteiger partial charge on any atom is -0.495 e. The second-order valence-corrected chi connectivity index (χ2v) is 9.32. The van der Waals surface area contributed by atoms with Crippen molar-refractivity contribution >= 4 is 39.8 Å². The molecule has 5 rings (SSSR count). The largest absolute Gasteiger partial charge is 0.495 e. The highest BCUT2D eigenvalue weighted by Gasteiger charge is 2.24. The molecule has 0 aliphatic carbocycles. The lowest BCUT2D eigenvalue weighted by molar-refractivity contribution is 0.0947. The second kappa shape index (κ2) is 10.4. The maximum Gasteiger partial charge on any atom is 0.272 e. The molecular weight excluding hydrogens is 474 g/mol. The standard InChI is InChI=1S/C28H28ClN5O2/c1-19-6-5-7-20(16-19)18-30-28(35)26-22-8-3-4-9-23(22)27(32-31-26)34-14-12-33(13-15-34)24-17-21(29)10-11-25(24)36-2/h3-11,16-17H,12-15,18H2,1-2H3,(H,30,35). The Balaban J connectivity index is 1.34. The van der Waals surface area contributed by atoms with Crippen LogP contribution in [-0.4, -0.2) is 49.4 Å². The van der Waals surface area contributed by atoms with Crippen LogP contribution in [0.25, 0.3) is 10.8 Å². The summed E-state index contributed by atoms with van der Waals surface area (Å²) in [4.78, 5) is 17.5. The van der Waals surface area contributed by atoms with Gasteiger partial charge in [-0.2, -0.15) is 0 Å². The zero-order valence-corrected chi connectivity index (χ0v) is 21.1. The van der Waals surface area contributed by atoms with Crippen LogP contribution < -0.4 is 19.9 Å². The van der Waals surface area contributed by atoms with E-state index >= 15 is 0 Å². The number of halogens is 1. The number of rotatable bonds is 6. The van der Waals surface area contributed by atoms with E-state index in [-0.39, 0.29) is 5.91 Å². The van der Waals surface area contributed by atoms with E-state index in [2.05, 4.69) is 31.4 Å². The van der Waals surface area contributed by atoms with E-state index in [1.165, 1.54) is 0 Å². The van der Waals surface area contributed by atoms with Crippen molar-refractivity contribution in [2.45, 2.75) is 13.5 Å². The second-order valence-electron chi connectivity index (χ2n) is 8.88. The van der Waals surface area contributed by atoms with Gasteiger partial charge >= 0.3 is 0 Å². The first-order chi connectivity index (χ1) is 17.5. The molecule has 1 fully saturated rings. The molecule has 8 heteroatoms. The van der Waals surface area contributed by atoms with Crippen LogP contribution in [0.3, 0.4) is 0 Å². The van der Waals surface area contributed by atoms with Crippen LogP contribution in [0.1, 0.15) is 21.6 Å². The smallest absolute Gasteiger partial charge is 0.272 e. The van der Waals surface area contributed by atoms with Crippen LogP contribution >= 0.6 is 11.6 Å². The lowest BCUT2D eigenvalue weighted by Crippen LogP contribution is -2.47.